The van der Waals surface area contributed by atoms with Crippen molar-refractivity contribution < 1.29 is 9.15 Å². The predicted molar refractivity (Wildman–Crippen MR) is 65.4 cm³/mol. The van der Waals surface area contributed by atoms with Gasteiger partial charge in [-0.25, -0.2) is 0 Å². The van der Waals surface area contributed by atoms with E-state index in [1.54, 1.807) is 13.4 Å². The van der Waals surface area contributed by atoms with Gasteiger partial charge in [-0.1, -0.05) is 13.8 Å². The van der Waals surface area contributed by atoms with Crippen molar-refractivity contribution in [2.24, 2.45) is 5.92 Å². The summed E-state index contributed by atoms with van der Waals surface area (Å²) in [5.74, 6) is 1.58. The Morgan fingerprint density at radius 2 is 2.12 bits per heavy atom. The lowest BCUT2D eigenvalue weighted by molar-refractivity contribution is 0.169. The molecule has 0 radical (unpaired) electrons. The molecule has 0 aliphatic heterocycles. The van der Waals surface area contributed by atoms with Crippen LogP contribution in [0.2, 0.25) is 0 Å². The highest BCUT2D eigenvalue weighted by atomic mass is 16.5. The van der Waals surface area contributed by atoms with Gasteiger partial charge in [-0.05, 0) is 31.4 Å². The van der Waals surface area contributed by atoms with Gasteiger partial charge in [-0.15, -0.1) is 0 Å². The second-order valence-corrected chi connectivity index (χ2v) is 4.54. The van der Waals surface area contributed by atoms with Crippen molar-refractivity contribution in [3.63, 3.8) is 0 Å². The fraction of sp³-hybridized carbons (Fsp3) is 0.692. The van der Waals surface area contributed by atoms with Gasteiger partial charge in [0.2, 0.25) is 0 Å². The highest BCUT2D eigenvalue weighted by Crippen LogP contribution is 2.16. The van der Waals surface area contributed by atoms with Crippen molar-refractivity contribution in [3.05, 3.63) is 24.2 Å². The summed E-state index contributed by atoms with van der Waals surface area (Å²) < 4.78 is 10.5. The quantitative estimate of drug-likeness (QED) is 0.774. The van der Waals surface area contributed by atoms with Crippen LogP contribution in [0.4, 0.5) is 0 Å². The highest BCUT2D eigenvalue weighted by Gasteiger charge is 2.17. The summed E-state index contributed by atoms with van der Waals surface area (Å²) in [6.07, 6.45) is 2.74. The molecule has 16 heavy (non-hydrogen) atoms. The topological polar surface area (TPSA) is 34.4 Å². The minimum atomic E-state index is 0.249. The molecular formula is C13H23NO2. The number of hydrogen-bond donors (Lipinski definition) is 1. The second-order valence-electron chi connectivity index (χ2n) is 4.54. The summed E-state index contributed by atoms with van der Waals surface area (Å²) in [6, 6.07) is 4.64. The van der Waals surface area contributed by atoms with Crippen LogP contribution in [0, 0.1) is 5.92 Å². The van der Waals surface area contributed by atoms with E-state index in [9.17, 15) is 0 Å². The lowest BCUT2D eigenvalue weighted by Crippen LogP contribution is -2.36. The summed E-state index contributed by atoms with van der Waals surface area (Å²) in [5, 5.41) is 3.58. The number of hydrogen-bond acceptors (Lipinski definition) is 3. The third-order valence-corrected chi connectivity index (χ3v) is 2.87. The molecule has 0 saturated carbocycles. The molecule has 1 N–H and O–H groups in total. The molecule has 0 spiro atoms. The van der Waals surface area contributed by atoms with Crippen LogP contribution in [0.25, 0.3) is 0 Å². The molecule has 2 atom stereocenters. The molecule has 0 amide bonds. The van der Waals surface area contributed by atoms with Gasteiger partial charge in [-0.2, -0.15) is 0 Å². The molecule has 1 heterocycles. The summed E-state index contributed by atoms with van der Waals surface area (Å²) in [5.41, 5.74) is 0. The zero-order valence-electron chi connectivity index (χ0n) is 10.7. The Kier molecular flexibility index (Phi) is 5.56. The van der Waals surface area contributed by atoms with E-state index in [-0.39, 0.29) is 6.04 Å². The third-order valence-electron chi connectivity index (χ3n) is 2.87. The first-order chi connectivity index (χ1) is 7.65. The minimum Gasteiger partial charge on any atom is -0.468 e. The average Bonchev–Trinajstić information content (AvgIpc) is 2.76. The molecule has 0 aliphatic carbocycles. The van der Waals surface area contributed by atoms with Crippen LogP contribution in [0.5, 0.6) is 0 Å². The maximum absolute atomic E-state index is 5.39. The minimum absolute atomic E-state index is 0.249. The first kappa shape index (κ1) is 13.3. The van der Waals surface area contributed by atoms with Gasteiger partial charge in [0.15, 0.2) is 0 Å². The number of methoxy groups -OCH3 is 1. The summed E-state index contributed by atoms with van der Waals surface area (Å²) in [4.78, 5) is 0. The molecule has 3 heteroatoms. The molecule has 1 aromatic heterocycles. The Balaban J connectivity index is 2.47. The molecule has 0 aromatic carbocycles. The van der Waals surface area contributed by atoms with E-state index in [2.05, 4.69) is 26.1 Å². The Bertz CT molecular complexity index is 269. The Morgan fingerprint density at radius 1 is 1.38 bits per heavy atom. The smallest absolute Gasteiger partial charge is 0.120 e. The molecule has 0 saturated heterocycles. The number of nitrogens with one attached hydrogen (secondary N) is 1. The second kappa shape index (κ2) is 6.71. The van der Waals surface area contributed by atoms with Crippen LogP contribution in [0.1, 0.15) is 39.0 Å². The van der Waals surface area contributed by atoms with Crippen molar-refractivity contribution >= 4 is 0 Å². The van der Waals surface area contributed by atoms with E-state index < -0.39 is 0 Å². The van der Waals surface area contributed by atoms with Gasteiger partial charge in [0, 0.05) is 19.8 Å². The normalized spacial score (nSPS) is 15.3. The zero-order valence-corrected chi connectivity index (χ0v) is 10.7. The summed E-state index contributed by atoms with van der Waals surface area (Å²) in [6.45, 7) is 7.37. The average molecular weight is 225 g/mol. The van der Waals surface area contributed by atoms with Crippen molar-refractivity contribution in [2.75, 3.05) is 13.7 Å². The Morgan fingerprint density at radius 3 is 2.62 bits per heavy atom. The standard InChI is InChI=1S/C13H23NO2/c1-10(2)12(7-9-15-4)14-11(3)13-6-5-8-16-13/h5-6,8,10-12,14H,7,9H2,1-4H3/t11-,12-/m1/s1. The molecule has 92 valence electrons. The summed E-state index contributed by atoms with van der Waals surface area (Å²) >= 11 is 0. The third kappa shape index (κ3) is 3.99. The molecular weight excluding hydrogens is 202 g/mol. The molecule has 1 aromatic rings. The van der Waals surface area contributed by atoms with Crippen molar-refractivity contribution in [1.29, 1.82) is 0 Å². The maximum atomic E-state index is 5.39. The molecule has 0 unspecified atom stereocenters. The van der Waals surface area contributed by atoms with Crippen LogP contribution < -0.4 is 5.32 Å². The predicted octanol–water partition coefficient (Wildman–Crippen LogP) is 2.99. The van der Waals surface area contributed by atoms with E-state index in [0.717, 1.165) is 18.8 Å². The first-order valence-electron chi connectivity index (χ1n) is 5.93. The lowest BCUT2D eigenvalue weighted by atomic mass is 10.00. The van der Waals surface area contributed by atoms with Crippen LogP contribution in [0.3, 0.4) is 0 Å². The maximum Gasteiger partial charge on any atom is 0.120 e. The lowest BCUT2D eigenvalue weighted by Gasteiger charge is -2.25. The van der Waals surface area contributed by atoms with E-state index in [0.29, 0.717) is 12.0 Å². The van der Waals surface area contributed by atoms with Crippen molar-refractivity contribution in [2.45, 2.75) is 39.3 Å². The molecule has 0 fully saturated rings. The summed E-state index contributed by atoms with van der Waals surface area (Å²) in [7, 11) is 1.74. The van der Waals surface area contributed by atoms with Gasteiger partial charge in [0.25, 0.3) is 0 Å². The zero-order chi connectivity index (χ0) is 12.0. The molecule has 0 aliphatic rings. The SMILES string of the molecule is COCC[C@@H](N[C@H](C)c1ccco1)C(C)C. The van der Waals surface area contributed by atoms with Crippen LogP contribution in [0.15, 0.2) is 22.8 Å². The van der Waals surface area contributed by atoms with E-state index >= 15 is 0 Å². The van der Waals surface area contributed by atoms with E-state index in [1.165, 1.54) is 0 Å². The fourth-order valence-electron chi connectivity index (χ4n) is 1.79. The van der Waals surface area contributed by atoms with Gasteiger partial charge in [0.05, 0.1) is 12.3 Å². The monoisotopic (exact) mass is 225 g/mol. The van der Waals surface area contributed by atoms with Crippen LogP contribution >= 0.6 is 0 Å². The fourth-order valence-corrected chi connectivity index (χ4v) is 1.79. The number of ether oxygens (including phenoxy) is 1. The first-order valence-corrected chi connectivity index (χ1v) is 5.93. The van der Waals surface area contributed by atoms with Gasteiger partial charge in [0.1, 0.15) is 5.76 Å². The highest BCUT2D eigenvalue weighted by molar-refractivity contribution is 5.03. The van der Waals surface area contributed by atoms with E-state index in [1.807, 2.05) is 12.1 Å². The molecule has 3 nitrogen and oxygen atoms in total. The Hall–Kier alpha value is -0.800. The van der Waals surface area contributed by atoms with Crippen LogP contribution in [-0.4, -0.2) is 19.8 Å². The van der Waals surface area contributed by atoms with E-state index in [4.69, 9.17) is 9.15 Å². The van der Waals surface area contributed by atoms with Crippen molar-refractivity contribution in [3.8, 4) is 0 Å². The Labute approximate surface area is 98.2 Å². The van der Waals surface area contributed by atoms with Gasteiger partial charge >= 0.3 is 0 Å². The number of furan rings is 1. The molecule has 0 bridgehead atoms. The number of rotatable bonds is 7. The molecule has 1 rings (SSSR count). The van der Waals surface area contributed by atoms with Gasteiger partial charge < -0.3 is 14.5 Å². The van der Waals surface area contributed by atoms with Gasteiger partial charge in [-0.3, -0.25) is 0 Å². The largest absolute Gasteiger partial charge is 0.468 e. The van der Waals surface area contributed by atoms with Crippen LogP contribution in [-0.2, 0) is 4.74 Å². The van der Waals surface area contributed by atoms with Crippen molar-refractivity contribution in [1.82, 2.24) is 5.32 Å².